The van der Waals surface area contributed by atoms with Crippen LogP contribution < -0.4 is 4.74 Å². The first-order valence-electron chi connectivity index (χ1n) is 3.08. The van der Waals surface area contributed by atoms with Crippen LogP contribution in [0.2, 0.25) is 0 Å². The van der Waals surface area contributed by atoms with Crippen LogP contribution in [0.15, 0.2) is 22.7 Å². The van der Waals surface area contributed by atoms with Gasteiger partial charge in [-0.15, -0.1) is 6.42 Å². The standard InChI is InChI=1S/C9H7BrO/c1-3-7-4-5-8(10)6-9(7)11-2/h1,4-6H,2H3. The molecule has 0 bridgehead atoms. The van der Waals surface area contributed by atoms with E-state index >= 15 is 0 Å². The second-order valence-electron chi connectivity index (χ2n) is 1.99. The molecule has 0 saturated carbocycles. The molecule has 0 aliphatic carbocycles. The number of hydrogen-bond donors (Lipinski definition) is 0. The summed E-state index contributed by atoms with van der Waals surface area (Å²) in [6.45, 7) is 0. The van der Waals surface area contributed by atoms with Crippen LogP contribution in [-0.2, 0) is 0 Å². The van der Waals surface area contributed by atoms with Crippen molar-refractivity contribution in [3.8, 4) is 18.1 Å². The molecule has 0 fully saturated rings. The van der Waals surface area contributed by atoms with Crippen molar-refractivity contribution in [3.05, 3.63) is 28.2 Å². The van der Waals surface area contributed by atoms with Crippen LogP contribution in [-0.4, -0.2) is 7.11 Å². The largest absolute Gasteiger partial charge is 0.495 e. The van der Waals surface area contributed by atoms with Crippen molar-refractivity contribution < 1.29 is 4.74 Å². The topological polar surface area (TPSA) is 9.23 Å². The lowest BCUT2D eigenvalue weighted by Crippen LogP contribution is -1.86. The van der Waals surface area contributed by atoms with E-state index in [1.807, 2.05) is 18.2 Å². The lowest BCUT2D eigenvalue weighted by molar-refractivity contribution is 0.413. The van der Waals surface area contributed by atoms with Crippen molar-refractivity contribution in [2.75, 3.05) is 7.11 Å². The van der Waals surface area contributed by atoms with Gasteiger partial charge in [0.15, 0.2) is 0 Å². The molecule has 0 spiro atoms. The van der Waals surface area contributed by atoms with Crippen LogP contribution in [0, 0.1) is 12.3 Å². The lowest BCUT2D eigenvalue weighted by Gasteiger charge is -2.02. The third kappa shape index (κ3) is 1.75. The van der Waals surface area contributed by atoms with Gasteiger partial charge in [-0.25, -0.2) is 0 Å². The van der Waals surface area contributed by atoms with E-state index in [2.05, 4.69) is 21.9 Å². The van der Waals surface area contributed by atoms with Gasteiger partial charge in [-0.1, -0.05) is 21.9 Å². The van der Waals surface area contributed by atoms with Gasteiger partial charge < -0.3 is 4.74 Å². The Bertz CT molecular complexity index is 299. The minimum absolute atomic E-state index is 0.724. The number of halogens is 1. The molecule has 1 rings (SSSR count). The highest BCUT2D eigenvalue weighted by atomic mass is 79.9. The SMILES string of the molecule is C#Cc1ccc(Br)cc1OC. The zero-order chi connectivity index (χ0) is 8.27. The Morgan fingerprint density at radius 3 is 2.82 bits per heavy atom. The average molecular weight is 211 g/mol. The Balaban J connectivity index is 3.19. The number of hydrogen-bond acceptors (Lipinski definition) is 1. The van der Waals surface area contributed by atoms with Gasteiger partial charge in [-0.05, 0) is 18.2 Å². The van der Waals surface area contributed by atoms with Crippen molar-refractivity contribution in [2.45, 2.75) is 0 Å². The maximum Gasteiger partial charge on any atom is 0.135 e. The van der Waals surface area contributed by atoms with E-state index in [4.69, 9.17) is 11.2 Å². The highest BCUT2D eigenvalue weighted by molar-refractivity contribution is 9.10. The Morgan fingerprint density at radius 2 is 2.27 bits per heavy atom. The molecular formula is C9H7BrO. The smallest absolute Gasteiger partial charge is 0.135 e. The normalized spacial score (nSPS) is 8.82. The first-order valence-corrected chi connectivity index (χ1v) is 3.87. The Hall–Kier alpha value is -0.940. The second-order valence-corrected chi connectivity index (χ2v) is 2.90. The Labute approximate surface area is 74.5 Å². The molecule has 0 N–H and O–H groups in total. The quantitative estimate of drug-likeness (QED) is 0.648. The van der Waals surface area contributed by atoms with Gasteiger partial charge in [-0.3, -0.25) is 0 Å². The molecule has 56 valence electrons. The zero-order valence-corrected chi connectivity index (χ0v) is 7.68. The molecule has 0 amide bonds. The van der Waals surface area contributed by atoms with Crippen LogP contribution in [0.5, 0.6) is 5.75 Å². The van der Waals surface area contributed by atoms with Crippen LogP contribution >= 0.6 is 15.9 Å². The van der Waals surface area contributed by atoms with Gasteiger partial charge >= 0.3 is 0 Å². The third-order valence-electron chi connectivity index (χ3n) is 1.32. The summed E-state index contributed by atoms with van der Waals surface area (Å²) in [6.07, 6.45) is 5.23. The molecule has 0 unspecified atom stereocenters. The maximum atomic E-state index is 5.23. The molecule has 0 heterocycles. The van der Waals surface area contributed by atoms with Crippen molar-refractivity contribution >= 4 is 15.9 Å². The first-order chi connectivity index (χ1) is 5.27. The molecule has 1 aromatic rings. The molecule has 11 heavy (non-hydrogen) atoms. The van der Waals surface area contributed by atoms with E-state index in [0.717, 1.165) is 15.8 Å². The van der Waals surface area contributed by atoms with E-state index in [-0.39, 0.29) is 0 Å². The van der Waals surface area contributed by atoms with Crippen LogP contribution in [0.25, 0.3) is 0 Å². The molecule has 0 atom stereocenters. The fraction of sp³-hybridized carbons (Fsp3) is 0.111. The second kappa shape index (κ2) is 3.45. The van der Waals surface area contributed by atoms with E-state index in [1.165, 1.54) is 0 Å². The average Bonchev–Trinajstić information content (AvgIpc) is 2.04. The number of terminal acetylenes is 1. The molecule has 0 aliphatic heterocycles. The molecule has 1 aromatic carbocycles. The molecule has 0 aromatic heterocycles. The summed E-state index contributed by atoms with van der Waals surface area (Å²) in [5.41, 5.74) is 0.774. The molecule has 0 saturated heterocycles. The van der Waals surface area contributed by atoms with E-state index < -0.39 is 0 Å². The van der Waals surface area contributed by atoms with Gasteiger partial charge in [0, 0.05) is 4.47 Å². The molecular weight excluding hydrogens is 204 g/mol. The van der Waals surface area contributed by atoms with Crippen LogP contribution in [0.4, 0.5) is 0 Å². The lowest BCUT2D eigenvalue weighted by atomic mass is 10.2. The fourth-order valence-electron chi connectivity index (χ4n) is 0.784. The number of methoxy groups -OCH3 is 1. The van der Waals surface area contributed by atoms with Gasteiger partial charge in [-0.2, -0.15) is 0 Å². The molecule has 0 radical (unpaired) electrons. The summed E-state index contributed by atoms with van der Waals surface area (Å²) in [6, 6.07) is 5.57. The highest BCUT2D eigenvalue weighted by Gasteiger charge is 1.98. The van der Waals surface area contributed by atoms with Crippen molar-refractivity contribution in [1.29, 1.82) is 0 Å². The summed E-state index contributed by atoms with van der Waals surface area (Å²) < 4.78 is 6.01. The minimum Gasteiger partial charge on any atom is -0.495 e. The van der Waals surface area contributed by atoms with Crippen molar-refractivity contribution in [3.63, 3.8) is 0 Å². The van der Waals surface area contributed by atoms with E-state index in [0.29, 0.717) is 0 Å². The monoisotopic (exact) mass is 210 g/mol. The maximum absolute atomic E-state index is 5.23. The number of rotatable bonds is 1. The summed E-state index contributed by atoms with van der Waals surface area (Å²) in [7, 11) is 1.60. The van der Waals surface area contributed by atoms with Gasteiger partial charge in [0.25, 0.3) is 0 Å². The Kier molecular flexibility index (Phi) is 2.56. The number of benzene rings is 1. The first kappa shape index (κ1) is 8.16. The van der Waals surface area contributed by atoms with Crippen LogP contribution in [0.3, 0.4) is 0 Å². The van der Waals surface area contributed by atoms with Gasteiger partial charge in [0.05, 0.1) is 12.7 Å². The zero-order valence-electron chi connectivity index (χ0n) is 6.10. The Morgan fingerprint density at radius 1 is 1.55 bits per heavy atom. The summed E-state index contributed by atoms with van der Waals surface area (Å²) in [5.74, 6) is 3.25. The van der Waals surface area contributed by atoms with E-state index in [1.54, 1.807) is 7.11 Å². The predicted octanol–water partition coefficient (Wildman–Crippen LogP) is 2.44. The molecule has 0 aliphatic rings. The fourth-order valence-corrected chi connectivity index (χ4v) is 1.12. The van der Waals surface area contributed by atoms with E-state index in [9.17, 15) is 0 Å². The van der Waals surface area contributed by atoms with Gasteiger partial charge in [0.1, 0.15) is 5.75 Å². The van der Waals surface area contributed by atoms with Gasteiger partial charge in [0.2, 0.25) is 0 Å². The summed E-state index contributed by atoms with van der Waals surface area (Å²) in [4.78, 5) is 0. The number of ether oxygens (including phenoxy) is 1. The predicted molar refractivity (Wildman–Crippen MR) is 48.6 cm³/mol. The van der Waals surface area contributed by atoms with Crippen LogP contribution in [0.1, 0.15) is 5.56 Å². The summed E-state index contributed by atoms with van der Waals surface area (Å²) >= 11 is 3.32. The molecule has 1 nitrogen and oxygen atoms in total. The minimum atomic E-state index is 0.724. The van der Waals surface area contributed by atoms with Crippen molar-refractivity contribution in [1.82, 2.24) is 0 Å². The molecule has 2 heteroatoms. The summed E-state index contributed by atoms with van der Waals surface area (Å²) in [5, 5.41) is 0. The highest BCUT2D eigenvalue weighted by Crippen LogP contribution is 2.22. The van der Waals surface area contributed by atoms with Crippen molar-refractivity contribution in [2.24, 2.45) is 0 Å². The third-order valence-corrected chi connectivity index (χ3v) is 1.81.